The average molecular weight is 410 g/mol. The molecule has 1 aromatic carbocycles. The molecule has 1 N–H and O–H groups in total. The number of amides is 1. The lowest BCUT2D eigenvalue weighted by Gasteiger charge is -2.36. The van der Waals surface area contributed by atoms with Crippen LogP contribution in [-0.2, 0) is 4.74 Å². The van der Waals surface area contributed by atoms with Crippen molar-refractivity contribution in [2.75, 3.05) is 26.2 Å². The monoisotopic (exact) mass is 409 g/mol. The highest BCUT2D eigenvalue weighted by Crippen LogP contribution is 2.26. The number of ether oxygens (including phenoxy) is 1. The molecule has 2 unspecified atom stereocenters. The fourth-order valence-electron chi connectivity index (χ4n) is 3.77. The second kappa shape index (κ2) is 8.98. The molecule has 2 fully saturated rings. The highest BCUT2D eigenvalue weighted by atomic mass is 35.5. The number of hydrogen-bond acceptors (Lipinski definition) is 5. The normalized spacial score (nSPS) is 23.3. The van der Waals surface area contributed by atoms with Gasteiger partial charge in [0.2, 0.25) is 0 Å². The molecule has 4 rings (SSSR count). The number of nitrogens with zero attached hydrogens (tertiary/aromatic N) is 4. The van der Waals surface area contributed by atoms with Gasteiger partial charge in [-0.3, -0.25) is 4.79 Å². The van der Waals surface area contributed by atoms with Crippen molar-refractivity contribution in [1.82, 2.24) is 25.2 Å². The Labute approximate surface area is 169 Å². The topological polar surface area (TPSA) is 72.3 Å². The first-order valence-corrected chi connectivity index (χ1v) is 9.43. The van der Waals surface area contributed by atoms with Crippen molar-refractivity contribution in [3.63, 3.8) is 0 Å². The molecule has 0 bridgehead atoms. The fraction of sp³-hybridized carbons (Fsp3) is 0.526. The Balaban J connectivity index is 0.00000225. The van der Waals surface area contributed by atoms with E-state index in [0.29, 0.717) is 18.8 Å². The average Bonchev–Trinajstić information content (AvgIpc) is 3.18. The van der Waals surface area contributed by atoms with Crippen LogP contribution in [-0.4, -0.2) is 58.1 Å². The third-order valence-corrected chi connectivity index (χ3v) is 5.20. The van der Waals surface area contributed by atoms with Crippen LogP contribution in [0.15, 0.2) is 30.5 Å². The zero-order chi connectivity index (χ0) is 18.8. The van der Waals surface area contributed by atoms with Gasteiger partial charge in [-0.25, -0.2) is 9.07 Å². The van der Waals surface area contributed by atoms with Gasteiger partial charge in [-0.15, -0.1) is 17.5 Å². The second-order valence-corrected chi connectivity index (χ2v) is 7.26. The number of carbonyl (C=O) groups is 1. The molecule has 0 aliphatic carbocycles. The Morgan fingerprint density at radius 1 is 1.21 bits per heavy atom. The van der Waals surface area contributed by atoms with Crippen LogP contribution in [0.2, 0.25) is 0 Å². The Bertz CT molecular complexity index is 794. The minimum Gasteiger partial charge on any atom is -0.367 e. The van der Waals surface area contributed by atoms with Gasteiger partial charge in [0.15, 0.2) is 5.69 Å². The SMILES string of the molecule is CC1CN(C(=O)c2cn(C3CCNCC3)nn2)CC(c2ccc(F)cc2)O1.Cl. The molecule has 2 aliphatic rings. The lowest BCUT2D eigenvalue weighted by atomic mass is 10.1. The predicted molar refractivity (Wildman–Crippen MR) is 104 cm³/mol. The molecule has 2 atom stereocenters. The Morgan fingerprint density at radius 3 is 2.64 bits per heavy atom. The van der Waals surface area contributed by atoms with Gasteiger partial charge < -0.3 is 15.0 Å². The summed E-state index contributed by atoms with van der Waals surface area (Å²) >= 11 is 0. The summed E-state index contributed by atoms with van der Waals surface area (Å²) in [6.45, 7) is 4.75. The summed E-state index contributed by atoms with van der Waals surface area (Å²) in [6, 6.07) is 6.52. The number of rotatable bonds is 3. The number of carbonyl (C=O) groups excluding carboxylic acids is 1. The zero-order valence-electron chi connectivity index (χ0n) is 15.8. The number of halogens is 2. The van der Waals surface area contributed by atoms with E-state index in [1.54, 1.807) is 23.2 Å². The summed E-state index contributed by atoms with van der Waals surface area (Å²) in [4.78, 5) is 14.7. The smallest absolute Gasteiger partial charge is 0.276 e. The van der Waals surface area contributed by atoms with E-state index in [2.05, 4.69) is 15.6 Å². The van der Waals surface area contributed by atoms with Crippen LogP contribution in [0.25, 0.3) is 0 Å². The minimum atomic E-state index is -0.287. The summed E-state index contributed by atoms with van der Waals surface area (Å²) in [5.74, 6) is -0.428. The number of benzene rings is 1. The van der Waals surface area contributed by atoms with Crippen molar-refractivity contribution in [3.05, 3.63) is 47.5 Å². The molecule has 28 heavy (non-hydrogen) atoms. The number of aromatic nitrogens is 3. The van der Waals surface area contributed by atoms with Gasteiger partial charge in [-0.05, 0) is 50.6 Å². The molecule has 2 aliphatic heterocycles. The summed E-state index contributed by atoms with van der Waals surface area (Å²) in [5, 5.41) is 11.6. The molecule has 0 spiro atoms. The highest BCUT2D eigenvalue weighted by Gasteiger charge is 2.31. The van der Waals surface area contributed by atoms with Gasteiger partial charge in [-0.1, -0.05) is 17.3 Å². The molecule has 7 nitrogen and oxygen atoms in total. The van der Waals surface area contributed by atoms with Crippen LogP contribution in [0, 0.1) is 5.82 Å². The van der Waals surface area contributed by atoms with Crippen molar-refractivity contribution >= 4 is 18.3 Å². The van der Waals surface area contributed by atoms with Gasteiger partial charge in [0.1, 0.15) is 11.9 Å². The molecule has 2 saturated heterocycles. The van der Waals surface area contributed by atoms with Gasteiger partial charge in [-0.2, -0.15) is 0 Å². The molecule has 9 heteroatoms. The number of nitrogens with one attached hydrogen (secondary N) is 1. The van der Waals surface area contributed by atoms with E-state index in [9.17, 15) is 9.18 Å². The van der Waals surface area contributed by atoms with E-state index in [-0.39, 0.29) is 42.4 Å². The molecule has 1 amide bonds. The standard InChI is InChI=1S/C19H24FN5O2.ClH/c1-13-10-24(12-18(27-13)14-2-4-15(20)5-3-14)19(26)17-11-25(23-22-17)16-6-8-21-9-7-16;/h2-5,11,13,16,18,21H,6-10,12H2,1H3;1H. The fourth-order valence-corrected chi connectivity index (χ4v) is 3.77. The van der Waals surface area contributed by atoms with Crippen molar-refractivity contribution in [2.45, 2.75) is 38.0 Å². The molecule has 3 heterocycles. The van der Waals surface area contributed by atoms with Gasteiger partial charge in [0.05, 0.1) is 24.9 Å². The van der Waals surface area contributed by atoms with Crippen LogP contribution >= 0.6 is 12.4 Å². The molecule has 152 valence electrons. The Morgan fingerprint density at radius 2 is 1.93 bits per heavy atom. The third-order valence-electron chi connectivity index (χ3n) is 5.20. The molecule has 1 aromatic heterocycles. The first kappa shape index (κ1) is 20.7. The van der Waals surface area contributed by atoms with E-state index in [0.717, 1.165) is 31.5 Å². The summed E-state index contributed by atoms with van der Waals surface area (Å²) in [6.07, 6.45) is 3.33. The number of morpholine rings is 1. The third kappa shape index (κ3) is 4.51. The quantitative estimate of drug-likeness (QED) is 0.842. The van der Waals surface area contributed by atoms with Crippen LogP contribution in [0.5, 0.6) is 0 Å². The van der Waals surface area contributed by atoms with Crippen molar-refractivity contribution in [3.8, 4) is 0 Å². The second-order valence-electron chi connectivity index (χ2n) is 7.26. The largest absolute Gasteiger partial charge is 0.367 e. The first-order valence-electron chi connectivity index (χ1n) is 9.43. The lowest BCUT2D eigenvalue weighted by molar-refractivity contribution is -0.0693. The number of hydrogen-bond donors (Lipinski definition) is 1. The van der Waals surface area contributed by atoms with E-state index in [4.69, 9.17) is 4.74 Å². The molecule has 0 saturated carbocycles. The molecule has 2 aromatic rings. The van der Waals surface area contributed by atoms with Crippen molar-refractivity contribution < 1.29 is 13.9 Å². The van der Waals surface area contributed by atoms with E-state index < -0.39 is 0 Å². The maximum atomic E-state index is 13.2. The first-order chi connectivity index (χ1) is 13.1. The summed E-state index contributed by atoms with van der Waals surface area (Å²) in [5.41, 5.74) is 1.22. The summed E-state index contributed by atoms with van der Waals surface area (Å²) in [7, 11) is 0. The highest BCUT2D eigenvalue weighted by molar-refractivity contribution is 5.92. The molecular formula is C19H25ClFN5O2. The van der Waals surface area contributed by atoms with Crippen molar-refractivity contribution in [2.24, 2.45) is 0 Å². The molecule has 0 radical (unpaired) electrons. The number of piperidine rings is 1. The minimum absolute atomic E-state index is 0. The van der Waals surface area contributed by atoms with E-state index >= 15 is 0 Å². The van der Waals surface area contributed by atoms with Gasteiger partial charge in [0, 0.05) is 6.54 Å². The molecular weight excluding hydrogens is 385 g/mol. The Hall–Kier alpha value is -2.03. The van der Waals surface area contributed by atoms with E-state index in [1.807, 2.05) is 11.6 Å². The maximum Gasteiger partial charge on any atom is 0.276 e. The Kier molecular flexibility index (Phi) is 6.64. The van der Waals surface area contributed by atoms with E-state index in [1.165, 1.54) is 12.1 Å². The van der Waals surface area contributed by atoms with Gasteiger partial charge >= 0.3 is 0 Å². The zero-order valence-corrected chi connectivity index (χ0v) is 16.6. The van der Waals surface area contributed by atoms with Crippen LogP contribution in [0.1, 0.15) is 48.0 Å². The van der Waals surface area contributed by atoms with Crippen LogP contribution in [0.4, 0.5) is 4.39 Å². The van der Waals surface area contributed by atoms with Crippen molar-refractivity contribution in [1.29, 1.82) is 0 Å². The lowest BCUT2D eigenvalue weighted by Crippen LogP contribution is -2.46. The van der Waals surface area contributed by atoms with Crippen LogP contribution in [0.3, 0.4) is 0 Å². The predicted octanol–water partition coefficient (Wildman–Crippen LogP) is 2.37. The van der Waals surface area contributed by atoms with Gasteiger partial charge in [0.25, 0.3) is 5.91 Å². The maximum absolute atomic E-state index is 13.2. The summed E-state index contributed by atoms with van der Waals surface area (Å²) < 4.78 is 21.0. The van der Waals surface area contributed by atoms with Crippen LogP contribution < -0.4 is 5.32 Å².